The summed E-state index contributed by atoms with van der Waals surface area (Å²) < 4.78 is 0. The van der Waals surface area contributed by atoms with Gasteiger partial charge < -0.3 is 4.90 Å². The molecule has 2 aliphatic carbocycles. The maximum Gasteiger partial charge on any atom is 0.234 e. The Kier molecular flexibility index (Phi) is 2.61. The highest BCUT2D eigenvalue weighted by Gasteiger charge is 2.73. The molecule has 1 saturated carbocycles. The predicted molar refractivity (Wildman–Crippen MR) is 90.3 cm³/mol. The smallest absolute Gasteiger partial charge is 0.234 e. The van der Waals surface area contributed by atoms with E-state index in [1.54, 1.807) is 4.90 Å². The van der Waals surface area contributed by atoms with Gasteiger partial charge >= 0.3 is 0 Å². The van der Waals surface area contributed by atoms with Gasteiger partial charge in [0.25, 0.3) is 0 Å². The Hall–Kier alpha value is -1.97. The molecule has 0 unspecified atom stereocenters. The van der Waals surface area contributed by atoms with Gasteiger partial charge in [-0.1, -0.05) is 32.9 Å². The third kappa shape index (κ3) is 1.41. The zero-order valence-electron chi connectivity index (χ0n) is 14.5. The molecule has 0 spiro atoms. The van der Waals surface area contributed by atoms with Crippen LogP contribution in [0.5, 0.6) is 0 Å². The van der Waals surface area contributed by atoms with Crippen LogP contribution < -0.4 is 0 Å². The van der Waals surface area contributed by atoms with Crippen molar-refractivity contribution in [2.75, 3.05) is 14.1 Å². The van der Waals surface area contributed by atoms with Crippen molar-refractivity contribution >= 4 is 16.9 Å². The minimum Gasteiger partial charge on any atom is -0.348 e. The van der Waals surface area contributed by atoms with E-state index in [1.165, 1.54) is 0 Å². The van der Waals surface area contributed by atoms with Crippen molar-refractivity contribution in [1.29, 1.82) is 0 Å². The lowest BCUT2D eigenvalue weighted by atomic mass is 9.63. The zero-order chi connectivity index (χ0) is 16.6. The number of rotatable bonds is 1. The minimum absolute atomic E-state index is 0.106. The Morgan fingerprint density at radius 1 is 1.00 bits per heavy atom. The van der Waals surface area contributed by atoms with Crippen LogP contribution in [-0.4, -0.2) is 34.9 Å². The molecule has 2 atom stereocenters. The molecule has 1 aromatic heterocycles. The van der Waals surface area contributed by atoms with Crippen molar-refractivity contribution < 1.29 is 4.79 Å². The van der Waals surface area contributed by atoms with Crippen molar-refractivity contribution in [3.05, 3.63) is 35.7 Å². The van der Waals surface area contributed by atoms with E-state index in [2.05, 4.69) is 20.8 Å². The first-order valence-corrected chi connectivity index (χ1v) is 8.25. The number of aromatic nitrogens is 2. The van der Waals surface area contributed by atoms with Gasteiger partial charge in [0.15, 0.2) is 0 Å². The third-order valence-corrected chi connectivity index (χ3v) is 6.72. The van der Waals surface area contributed by atoms with Crippen LogP contribution in [0.1, 0.15) is 45.0 Å². The van der Waals surface area contributed by atoms with Crippen LogP contribution in [0.4, 0.5) is 0 Å². The molecule has 0 aliphatic heterocycles. The monoisotopic (exact) mass is 309 g/mol. The normalized spacial score (nSPS) is 30.5. The number of hydrogen-bond donors (Lipinski definition) is 0. The fourth-order valence-corrected chi connectivity index (χ4v) is 4.90. The maximum absolute atomic E-state index is 13.2. The van der Waals surface area contributed by atoms with Gasteiger partial charge in [-0.3, -0.25) is 4.79 Å². The first-order valence-electron chi connectivity index (χ1n) is 8.25. The highest BCUT2D eigenvalue weighted by atomic mass is 16.2. The molecule has 4 rings (SSSR count). The van der Waals surface area contributed by atoms with E-state index < -0.39 is 5.41 Å². The molecular weight excluding hydrogens is 286 g/mol. The summed E-state index contributed by atoms with van der Waals surface area (Å²) in [6.07, 6.45) is 1.84. The van der Waals surface area contributed by atoms with E-state index in [-0.39, 0.29) is 16.7 Å². The lowest BCUT2D eigenvalue weighted by Gasteiger charge is -2.40. The number of para-hydroxylation sites is 2. The average molecular weight is 309 g/mol. The van der Waals surface area contributed by atoms with E-state index in [4.69, 9.17) is 9.97 Å². The summed E-state index contributed by atoms with van der Waals surface area (Å²) in [5, 5.41) is 0. The Morgan fingerprint density at radius 3 is 2.13 bits per heavy atom. The van der Waals surface area contributed by atoms with Gasteiger partial charge in [0.05, 0.1) is 27.8 Å². The third-order valence-electron chi connectivity index (χ3n) is 6.72. The van der Waals surface area contributed by atoms with Crippen LogP contribution in [-0.2, 0) is 15.6 Å². The van der Waals surface area contributed by atoms with Gasteiger partial charge in [-0.05, 0) is 30.4 Å². The maximum atomic E-state index is 13.2. The lowest BCUT2D eigenvalue weighted by Crippen LogP contribution is -2.50. The molecule has 0 saturated heterocycles. The predicted octanol–water partition coefficient (Wildman–Crippen LogP) is 3.05. The second-order valence-corrected chi connectivity index (χ2v) is 7.97. The van der Waals surface area contributed by atoms with Crippen LogP contribution in [0.2, 0.25) is 0 Å². The van der Waals surface area contributed by atoms with E-state index in [9.17, 15) is 4.79 Å². The summed E-state index contributed by atoms with van der Waals surface area (Å²) in [6, 6.07) is 7.96. The molecule has 2 aliphatic rings. The molecule has 2 aromatic rings. The van der Waals surface area contributed by atoms with Crippen LogP contribution in [0.3, 0.4) is 0 Å². The molecule has 4 heteroatoms. The van der Waals surface area contributed by atoms with Gasteiger partial charge in [-0.2, -0.15) is 0 Å². The topological polar surface area (TPSA) is 46.1 Å². The van der Waals surface area contributed by atoms with Gasteiger partial charge in [0.1, 0.15) is 0 Å². The second kappa shape index (κ2) is 4.11. The summed E-state index contributed by atoms with van der Waals surface area (Å²) in [5.74, 6) is 0.162. The van der Waals surface area contributed by atoms with E-state index in [1.807, 2.05) is 38.4 Å². The van der Waals surface area contributed by atoms with E-state index in [0.29, 0.717) is 0 Å². The van der Waals surface area contributed by atoms with Crippen molar-refractivity contribution in [2.24, 2.45) is 5.41 Å². The summed E-state index contributed by atoms with van der Waals surface area (Å²) in [7, 11) is 3.69. The molecular formula is C19H23N3O. The van der Waals surface area contributed by atoms with Crippen molar-refractivity contribution in [2.45, 2.75) is 44.4 Å². The largest absolute Gasteiger partial charge is 0.348 e. The molecule has 23 heavy (non-hydrogen) atoms. The van der Waals surface area contributed by atoms with E-state index >= 15 is 0 Å². The molecule has 1 heterocycles. The second-order valence-electron chi connectivity index (χ2n) is 7.97. The quantitative estimate of drug-likeness (QED) is 0.813. The summed E-state index contributed by atoms with van der Waals surface area (Å²) in [4.78, 5) is 24.9. The molecule has 1 fully saturated rings. The highest BCUT2D eigenvalue weighted by Crippen LogP contribution is 2.70. The molecule has 2 bridgehead atoms. The lowest BCUT2D eigenvalue weighted by molar-refractivity contribution is -0.138. The summed E-state index contributed by atoms with van der Waals surface area (Å²) >= 11 is 0. The first-order chi connectivity index (χ1) is 10.8. The summed E-state index contributed by atoms with van der Waals surface area (Å²) in [5.41, 5.74) is 2.88. The molecule has 0 N–H and O–H groups in total. The Balaban J connectivity index is 2.10. The molecule has 1 aromatic carbocycles. The number of carbonyl (C=O) groups excluding carboxylic acids is 1. The number of benzene rings is 1. The zero-order valence-corrected chi connectivity index (χ0v) is 14.5. The highest BCUT2D eigenvalue weighted by molar-refractivity contribution is 5.92. The van der Waals surface area contributed by atoms with Crippen LogP contribution >= 0.6 is 0 Å². The fourth-order valence-electron chi connectivity index (χ4n) is 4.90. The number of fused-ring (bicyclic) bond motifs is 6. The number of amides is 1. The average Bonchev–Trinajstić information content (AvgIpc) is 2.81. The standard InChI is InChI=1S/C19H23N3O/c1-17(2)18(3)10-11-19(17,16(23)22(4)5)15-14(18)20-12-8-6-7-9-13(12)21-15/h6-9H,10-11H2,1-5H3/t18-,19-/m1/s1. The van der Waals surface area contributed by atoms with Crippen molar-refractivity contribution in [3.8, 4) is 0 Å². The van der Waals surface area contributed by atoms with Crippen LogP contribution in [0.25, 0.3) is 11.0 Å². The summed E-state index contributed by atoms with van der Waals surface area (Å²) in [6.45, 7) is 6.69. The van der Waals surface area contributed by atoms with Crippen LogP contribution in [0.15, 0.2) is 24.3 Å². The Labute approximate surface area is 136 Å². The van der Waals surface area contributed by atoms with Crippen molar-refractivity contribution in [3.63, 3.8) is 0 Å². The number of hydrogen-bond acceptors (Lipinski definition) is 3. The Bertz CT molecular complexity index is 842. The van der Waals surface area contributed by atoms with Crippen molar-refractivity contribution in [1.82, 2.24) is 14.9 Å². The van der Waals surface area contributed by atoms with Gasteiger partial charge in [-0.25, -0.2) is 9.97 Å². The van der Waals surface area contributed by atoms with E-state index in [0.717, 1.165) is 35.3 Å². The first kappa shape index (κ1) is 14.6. The molecule has 1 amide bonds. The SMILES string of the molecule is CN(C)C(=O)[C@@]12CC[C@](C)(c3nc4ccccc4nc31)C2(C)C. The number of nitrogens with zero attached hydrogens (tertiary/aromatic N) is 3. The number of carbonyl (C=O) groups is 1. The molecule has 120 valence electrons. The van der Waals surface area contributed by atoms with Gasteiger partial charge in [0, 0.05) is 19.5 Å². The molecule has 0 radical (unpaired) electrons. The molecule has 4 nitrogen and oxygen atoms in total. The van der Waals surface area contributed by atoms with Gasteiger partial charge in [0.2, 0.25) is 5.91 Å². The minimum atomic E-state index is -0.558. The fraction of sp³-hybridized carbons (Fsp3) is 0.526. The van der Waals surface area contributed by atoms with Gasteiger partial charge in [-0.15, -0.1) is 0 Å². The number of likely N-dealkylation sites (N-methyl/N-ethyl adjacent to an activating group) is 1. The Morgan fingerprint density at radius 2 is 1.57 bits per heavy atom. The van der Waals surface area contributed by atoms with Crippen LogP contribution in [0, 0.1) is 5.41 Å².